The van der Waals surface area contributed by atoms with Crippen molar-refractivity contribution in [2.45, 2.75) is 33.2 Å². The minimum atomic E-state index is 0.181. The van der Waals surface area contributed by atoms with Crippen LogP contribution in [0.15, 0.2) is 43.0 Å². The minimum absolute atomic E-state index is 0.181. The van der Waals surface area contributed by atoms with Gasteiger partial charge < -0.3 is 9.30 Å². The molecule has 0 N–H and O–H groups in total. The lowest BCUT2D eigenvalue weighted by Crippen LogP contribution is -2.27. The van der Waals surface area contributed by atoms with Crippen LogP contribution in [0.3, 0.4) is 0 Å². The van der Waals surface area contributed by atoms with Gasteiger partial charge in [-0.1, -0.05) is 18.2 Å². The number of likely N-dealkylation sites (N-methyl/N-ethyl adjacent to an activating group) is 1. The number of benzene rings is 1. The van der Waals surface area contributed by atoms with E-state index in [2.05, 4.69) is 28.2 Å². The normalized spacial score (nSPS) is 11.0. The molecule has 1 heterocycles. The maximum absolute atomic E-state index is 12.7. The van der Waals surface area contributed by atoms with Crippen molar-refractivity contribution < 1.29 is 9.53 Å². The molecule has 0 amide bonds. The van der Waals surface area contributed by atoms with E-state index in [4.69, 9.17) is 4.74 Å². The first-order valence-corrected chi connectivity index (χ1v) is 9.08. The van der Waals surface area contributed by atoms with Crippen LogP contribution in [0.5, 0.6) is 5.75 Å². The van der Waals surface area contributed by atoms with Gasteiger partial charge in [0.25, 0.3) is 0 Å². The molecule has 1 aromatic carbocycles. The molecule has 4 nitrogen and oxygen atoms in total. The summed E-state index contributed by atoms with van der Waals surface area (Å²) in [4.78, 5) is 14.8. The Kier molecular flexibility index (Phi) is 7.22. The van der Waals surface area contributed by atoms with Gasteiger partial charge in [-0.2, -0.15) is 0 Å². The molecule has 0 atom stereocenters. The summed E-state index contributed by atoms with van der Waals surface area (Å²) in [5, 5.41) is 0. The fourth-order valence-electron chi connectivity index (χ4n) is 3.25. The zero-order valence-corrected chi connectivity index (χ0v) is 16.4. The molecule has 0 bridgehead atoms. The van der Waals surface area contributed by atoms with Gasteiger partial charge in [-0.05, 0) is 64.0 Å². The van der Waals surface area contributed by atoms with Crippen molar-refractivity contribution in [3.05, 3.63) is 65.5 Å². The van der Waals surface area contributed by atoms with E-state index in [1.165, 1.54) is 5.56 Å². The third-order valence-electron chi connectivity index (χ3n) is 4.76. The van der Waals surface area contributed by atoms with Crippen molar-refractivity contribution in [2.24, 2.45) is 0 Å². The first-order chi connectivity index (χ1) is 12.5. The van der Waals surface area contributed by atoms with Crippen LogP contribution >= 0.6 is 0 Å². The van der Waals surface area contributed by atoms with Gasteiger partial charge in [-0.3, -0.25) is 9.69 Å². The maximum atomic E-state index is 12.7. The van der Waals surface area contributed by atoms with Crippen LogP contribution in [0.1, 0.15) is 33.7 Å². The van der Waals surface area contributed by atoms with Gasteiger partial charge in [-0.25, -0.2) is 0 Å². The Morgan fingerprint density at radius 1 is 1.27 bits per heavy atom. The van der Waals surface area contributed by atoms with Crippen LogP contribution in [-0.2, 0) is 13.0 Å². The fourth-order valence-corrected chi connectivity index (χ4v) is 3.25. The highest BCUT2D eigenvalue weighted by atomic mass is 16.5. The molecule has 4 heteroatoms. The molecule has 0 aliphatic rings. The number of carbonyl (C=O) groups excluding carboxylic acids is 1. The number of hydrogen-bond donors (Lipinski definition) is 0. The number of nitrogens with zero attached hydrogens (tertiary/aromatic N) is 2. The summed E-state index contributed by atoms with van der Waals surface area (Å²) in [6, 6.07) is 10.2. The highest BCUT2D eigenvalue weighted by Crippen LogP contribution is 2.16. The lowest BCUT2D eigenvalue weighted by atomic mass is 10.1. The Labute approximate surface area is 157 Å². The van der Waals surface area contributed by atoms with Crippen molar-refractivity contribution in [1.82, 2.24) is 9.47 Å². The van der Waals surface area contributed by atoms with Gasteiger partial charge in [0.05, 0.1) is 13.7 Å². The van der Waals surface area contributed by atoms with Crippen LogP contribution in [0.4, 0.5) is 0 Å². The summed E-state index contributed by atoms with van der Waals surface area (Å²) < 4.78 is 7.31. The Morgan fingerprint density at radius 3 is 2.58 bits per heavy atom. The SMILES string of the molecule is C=CCn1c(C)cc(C(=O)CN(C)CCCc2ccc(OC)cc2)c1C. The van der Waals surface area contributed by atoms with Crippen molar-refractivity contribution in [3.63, 3.8) is 0 Å². The van der Waals surface area contributed by atoms with E-state index < -0.39 is 0 Å². The molecule has 0 aliphatic heterocycles. The summed E-state index contributed by atoms with van der Waals surface area (Å²) >= 11 is 0. The molecule has 0 saturated heterocycles. The van der Waals surface area contributed by atoms with Crippen LogP contribution in [0.2, 0.25) is 0 Å². The van der Waals surface area contributed by atoms with Gasteiger partial charge >= 0.3 is 0 Å². The van der Waals surface area contributed by atoms with E-state index in [9.17, 15) is 4.79 Å². The minimum Gasteiger partial charge on any atom is -0.497 e. The van der Waals surface area contributed by atoms with E-state index in [0.29, 0.717) is 6.54 Å². The Bertz CT molecular complexity index is 744. The number of ether oxygens (including phenoxy) is 1. The number of Topliss-reactive ketones (excluding diaryl/α,β-unsaturated/α-hetero) is 1. The average molecular weight is 354 g/mol. The standard InChI is InChI=1S/C22H30N2O2/c1-6-13-24-17(2)15-21(18(24)3)22(25)16-23(4)14-7-8-19-9-11-20(26-5)12-10-19/h6,9-12,15H,1,7-8,13-14,16H2,2-5H3. The second-order valence-corrected chi connectivity index (χ2v) is 6.80. The molecule has 1 aromatic heterocycles. The molecule has 2 aromatic rings. The molecule has 0 spiro atoms. The highest BCUT2D eigenvalue weighted by Gasteiger charge is 2.16. The molecule has 0 fully saturated rings. The van der Waals surface area contributed by atoms with Crippen LogP contribution < -0.4 is 4.74 Å². The predicted molar refractivity (Wildman–Crippen MR) is 107 cm³/mol. The number of hydrogen-bond acceptors (Lipinski definition) is 3. The third kappa shape index (κ3) is 5.09. The molecule has 0 radical (unpaired) electrons. The molecule has 0 saturated carbocycles. The molecule has 26 heavy (non-hydrogen) atoms. The average Bonchev–Trinajstić information content (AvgIpc) is 2.91. The van der Waals surface area contributed by atoms with Crippen LogP contribution in [-0.4, -0.2) is 42.5 Å². The van der Waals surface area contributed by atoms with Crippen molar-refractivity contribution in [2.75, 3.05) is 27.2 Å². The van der Waals surface area contributed by atoms with Gasteiger partial charge in [0, 0.05) is 23.5 Å². The Balaban J connectivity index is 1.85. The van der Waals surface area contributed by atoms with E-state index in [1.54, 1.807) is 7.11 Å². The highest BCUT2D eigenvalue weighted by molar-refractivity contribution is 5.99. The number of aryl methyl sites for hydroxylation is 2. The van der Waals surface area contributed by atoms with Gasteiger partial charge in [-0.15, -0.1) is 6.58 Å². The molecular weight excluding hydrogens is 324 g/mol. The zero-order chi connectivity index (χ0) is 19.1. The summed E-state index contributed by atoms with van der Waals surface area (Å²) in [6.45, 7) is 9.91. The second kappa shape index (κ2) is 9.39. The van der Waals surface area contributed by atoms with Crippen LogP contribution in [0.25, 0.3) is 0 Å². The second-order valence-electron chi connectivity index (χ2n) is 6.80. The van der Waals surface area contributed by atoms with Crippen molar-refractivity contribution in [1.29, 1.82) is 0 Å². The molecule has 0 aliphatic carbocycles. The lowest BCUT2D eigenvalue weighted by Gasteiger charge is -2.16. The first-order valence-electron chi connectivity index (χ1n) is 9.08. The first kappa shape index (κ1) is 20.0. The summed E-state index contributed by atoms with van der Waals surface area (Å²) in [6.07, 6.45) is 3.88. The van der Waals surface area contributed by atoms with Gasteiger partial charge in [0.2, 0.25) is 0 Å². The molecule has 140 valence electrons. The molecule has 0 unspecified atom stereocenters. The monoisotopic (exact) mass is 354 g/mol. The number of methoxy groups -OCH3 is 1. The van der Waals surface area contributed by atoms with E-state index in [-0.39, 0.29) is 5.78 Å². The van der Waals surface area contributed by atoms with Crippen molar-refractivity contribution in [3.8, 4) is 5.75 Å². The summed E-state index contributed by atoms with van der Waals surface area (Å²) in [5.74, 6) is 1.06. The maximum Gasteiger partial charge on any atom is 0.178 e. The number of aromatic nitrogens is 1. The zero-order valence-electron chi connectivity index (χ0n) is 16.4. The number of ketones is 1. The quantitative estimate of drug-likeness (QED) is 0.477. The van der Waals surface area contributed by atoms with Gasteiger partial charge in [0.1, 0.15) is 5.75 Å². The number of carbonyl (C=O) groups is 1. The third-order valence-corrected chi connectivity index (χ3v) is 4.76. The number of allylic oxidation sites excluding steroid dienone is 1. The molecule has 2 rings (SSSR count). The van der Waals surface area contributed by atoms with Crippen molar-refractivity contribution >= 4 is 5.78 Å². The summed E-state index contributed by atoms with van der Waals surface area (Å²) in [5.41, 5.74) is 4.25. The Morgan fingerprint density at radius 2 is 1.96 bits per heavy atom. The predicted octanol–water partition coefficient (Wildman–Crippen LogP) is 4.05. The van der Waals surface area contributed by atoms with Gasteiger partial charge in [0.15, 0.2) is 5.78 Å². The van der Waals surface area contributed by atoms with Crippen LogP contribution in [0, 0.1) is 13.8 Å². The number of rotatable bonds is 10. The Hall–Kier alpha value is -2.33. The topological polar surface area (TPSA) is 34.5 Å². The fraction of sp³-hybridized carbons (Fsp3) is 0.409. The van der Waals surface area contributed by atoms with E-state index in [0.717, 1.165) is 48.6 Å². The lowest BCUT2D eigenvalue weighted by molar-refractivity contribution is 0.0945. The summed E-state index contributed by atoms with van der Waals surface area (Å²) in [7, 11) is 3.69. The van der Waals surface area contributed by atoms with E-state index >= 15 is 0 Å². The molecular formula is C22H30N2O2. The largest absolute Gasteiger partial charge is 0.497 e. The smallest absolute Gasteiger partial charge is 0.178 e. The van der Waals surface area contributed by atoms with E-state index in [1.807, 2.05) is 45.2 Å².